The lowest BCUT2D eigenvalue weighted by molar-refractivity contribution is -0.177. The van der Waals surface area contributed by atoms with Gasteiger partial charge in [-0.1, -0.05) is 13.8 Å². The minimum atomic E-state index is -4.44. The van der Waals surface area contributed by atoms with Crippen LogP contribution in [-0.2, 0) is 11.3 Å². The number of hydrogen-bond donors (Lipinski definition) is 2. The Kier molecular flexibility index (Phi) is 4.33. The summed E-state index contributed by atoms with van der Waals surface area (Å²) in [5.74, 6) is -0.878. The maximum atomic E-state index is 11.8. The van der Waals surface area contributed by atoms with Gasteiger partial charge >= 0.3 is 6.18 Å². The number of nitrogens with one attached hydrogen (secondary N) is 1. The van der Waals surface area contributed by atoms with E-state index in [9.17, 15) is 23.1 Å². The summed E-state index contributed by atoms with van der Waals surface area (Å²) in [5, 5.41) is 9.49. The standard InChI is InChI=1S/C10H13F3N2O3/c1-5(2)7-8(16)14-6(15-9(7)17)3-18-4-10(11,12)13/h5H,3-4H2,1-2H3,(H2,14,15,16,17). The van der Waals surface area contributed by atoms with Gasteiger partial charge < -0.3 is 14.8 Å². The number of aromatic nitrogens is 2. The second-order valence-corrected chi connectivity index (χ2v) is 4.01. The Morgan fingerprint density at radius 1 is 1.44 bits per heavy atom. The van der Waals surface area contributed by atoms with Crippen LogP contribution >= 0.6 is 0 Å². The van der Waals surface area contributed by atoms with Crippen molar-refractivity contribution in [2.75, 3.05) is 6.61 Å². The summed E-state index contributed by atoms with van der Waals surface area (Å²) >= 11 is 0. The molecule has 0 saturated carbocycles. The van der Waals surface area contributed by atoms with Crippen LogP contribution in [0.25, 0.3) is 0 Å². The summed E-state index contributed by atoms with van der Waals surface area (Å²) in [4.78, 5) is 17.4. The van der Waals surface area contributed by atoms with Crippen molar-refractivity contribution in [1.82, 2.24) is 9.97 Å². The van der Waals surface area contributed by atoms with E-state index in [2.05, 4.69) is 14.7 Å². The Labute approximate surface area is 101 Å². The zero-order valence-electron chi connectivity index (χ0n) is 9.84. The lowest BCUT2D eigenvalue weighted by atomic mass is 10.1. The van der Waals surface area contributed by atoms with Crippen molar-refractivity contribution in [3.05, 3.63) is 21.7 Å². The van der Waals surface area contributed by atoms with E-state index in [0.717, 1.165) is 0 Å². The van der Waals surface area contributed by atoms with Crippen molar-refractivity contribution in [2.24, 2.45) is 0 Å². The van der Waals surface area contributed by atoms with Crippen LogP contribution in [0.5, 0.6) is 5.88 Å². The number of aromatic amines is 1. The third kappa shape index (κ3) is 4.02. The third-order valence-corrected chi connectivity index (χ3v) is 2.07. The van der Waals surface area contributed by atoms with Gasteiger partial charge in [-0.25, -0.2) is 0 Å². The molecule has 1 heterocycles. The summed E-state index contributed by atoms with van der Waals surface area (Å²) in [6.45, 7) is 1.40. The molecule has 18 heavy (non-hydrogen) atoms. The maximum Gasteiger partial charge on any atom is 0.411 e. The highest BCUT2D eigenvalue weighted by atomic mass is 19.4. The number of rotatable bonds is 4. The fraction of sp³-hybridized carbons (Fsp3) is 0.600. The Hall–Kier alpha value is -1.57. The Balaban J connectivity index is 2.78. The van der Waals surface area contributed by atoms with Crippen LogP contribution in [0.2, 0.25) is 0 Å². The normalized spacial score (nSPS) is 12.1. The number of H-pyrrole nitrogens is 1. The molecule has 0 bridgehead atoms. The highest BCUT2D eigenvalue weighted by Gasteiger charge is 2.27. The van der Waals surface area contributed by atoms with Crippen LogP contribution < -0.4 is 5.56 Å². The zero-order valence-corrected chi connectivity index (χ0v) is 9.84. The molecule has 0 unspecified atom stereocenters. The number of ether oxygens (including phenoxy) is 1. The second kappa shape index (κ2) is 5.38. The minimum Gasteiger partial charge on any atom is -0.493 e. The topological polar surface area (TPSA) is 75.2 Å². The first-order valence-electron chi connectivity index (χ1n) is 5.17. The molecule has 5 nitrogen and oxygen atoms in total. The average molecular weight is 266 g/mol. The van der Waals surface area contributed by atoms with Gasteiger partial charge in [-0.2, -0.15) is 18.2 Å². The smallest absolute Gasteiger partial charge is 0.411 e. The van der Waals surface area contributed by atoms with Crippen molar-refractivity contribution in [3.63, 3.8) is 0 Å². The van der Waals surface area contributed by atoms with Gasteiger partial charge in [0.05, 0.1) is 5.56 Å². The number of alkyl halides is 3. The third-order valence-electron chi connectivity index (χ3n) is 2.07. The molecule has 0 aliphatic carbocycles. The SMILES string of the molecule is CC(C)c1c(O)nc(COCC(F)(F)F)[nH]c1=O. The van der Waals surface area contributed by atoms with E-state index < -0.39 is 30.8 Å². The Morgan fingerprint density at radius 2 is 2.06 bits per heavy atom. The molecule has 1 aromatic heterocycles. The molecule has 0 aliphatic heterocycles. The fourth-order valence-corrected chi connectivity index (χ4v) is 1.37. The lowest BCUT2D eigenvalue weighted by Gasteiger charge is -2.09. The molecule has 0 radical (unpaired) electrons. The van der Waals surface area contributed by atoms with Crippen LogP contribution in [0.15, 0.2) is 4.79 Å². The van der Waals surface area contributed by atoms with Gasteiger partial charge in [-0.15, -0.1) is 0 Å². The van der Waals surface area contributed by atoms with E-state index in [1.807, 2.05) is 0 Å². The predicted octanol–water partition coefficient (Wildman–Crippen LogP) is 1.68. The van der Waals surface area contributed by atoms with E-state index in [1.165, 1.54) is 0 Å². The molecule has 1 rings (SSSR count). The van der Waals surface area contributed by atoms with E-state index in [0.29, 0.717) is 0 Å². The summed E-state index contributed by atoms with van der Waals surface area (Å²) in [5.41, 5.74) is -0.488. The van der Waals surface area contributed by atoms with Crippen LogP contribution in [0.4, 0.5) is 13.2 Å². The molecule has 102 valence electrons. The van der Waals surface area contributed by atoms with Crippen LogP contribution in [0.3, 0.4) is 0 Å². The molecular weight excluding hydrogens is 253 g/mol. The highest BCUT2D eigenvalue weighted by Crippen LogP contribution is 2.19. The number of nitrogens with zero attached hydrogens (tertiary/aromatic N) is 1. The quantitative estimate of drug-likeness (QED) is 0.869. The first kappa shape index (κ1) is 14.5. The van der Waals surface area contributed by atoms with Crippen molar-refractivity contribution in [1.29, 1.82) is 0 Å². The fourth-order valence-electron chi connectivity index (χ4n) is 1.37. The van der Waals surface area contributed by atoms with Crippen molar-refractivity contribution < 1.29 is 23.0 Å². The van der Waals surface area contributed by atoms with Crippen LogP contribution in [0.1, 0.15) is 31.2 Å². The Morgan fingerprint density at radius 3 is 2.50 bits per heavy atom. The molecule has 1 aromatic rings. The molecule has 0 amide bonds. The average Bonchev–Trinajstić information content (AvgIpc) is 2.13. The lowest BCUT2D eigenvalue weighted by Crippen LogP contribution is -2.21. The molecule has 0 atom stereocenters. The van der Waals surface area contributed by atoms with Gasteiger partial charge in [-0.05, 0) is 5.92 Å². The van der Waals surface area contributed by atoms with Gasteiger partial charge in [0.2, 0.25) is 5.88 Å². The molecule has 0 aliphatic rings. The van der Waals surface area contributed by atoms with E-state index >= 15 is 0 Å². The highest BCUT2D eigenvalue weighted by molar-refractivity contribution is 5.25. The van der Waals surface area contributed by atoms with Gasteiger partial charge in [-0.3, -0.25) is 4.79 Å². The van der Waals surface area contributed by atoms with E-state index in [4.69, 9.17) is 0 Å². The number of aromatic hydroxyl groups is 1. The predicted molar refractivity (Wildman–Crippen MR) is 56.3 cm³/mol. The van der Waals surface area contributed by atoms with Gasteiger partial charge in [0.1, 0.15) is 19.0 Å². The monoisotopic (exact) mass is 266 g/mol. The molecule has 0 fully saturated rings. The van der Waals surface area contributed by atoms with Gasteiger partial charge in [0.25, 0.3) is 5.56 Å². The molecule has 0 saturated heterocycles. The zero-order chi connectivity index (χ0) is 13.9. The minimum absolute atomic E-state index is 0.0922. The Bertz CT molecular complexity index is 468. The van der Waals surface area contributed by atoms with E-state index in [1.54, 1.807) is 13.8 Å². The molecular formula is C10H13F3N2O3. The second-order valence-electron chi connectivity index (χ2n) is 4.01. The van der Waals surface area contributed by atoms with Crippen molar-refractivity contribution in [2.45, 2.75) is 32.5 Å². The summed E-state index contributed by atoms with van der Waals surface area (Å²) in [6, 6.07) is 0. The largest absolute Gasteiger partial charge is 0.493 e. The summed E-state index contributed by atoms with van der Waals surface area (Å²) in [6.07, 6.45) is -4.44. The van der Waals surface area contributed by atoms with Gasteiger partial charge in [0.15, 0.2) is 0 Å². The summed E-state index contributed by atoms with van der Waals surface area (Å²) < 4.78 is 39.8. The summed E-state index contributed by atoms with van der Waals surface area (Å²) in [7, 11) is 0. The van der Waals surface area contributed by atoms with Gasteiger partial charge in [0, 0.05) is 0 Å². The molecule has 0 spiro atoms. The molecule has 0 aromatic carbocycles. The van der Waals surface area contributed by atoms with Crippen LogP contribution in [-0.4, -0.2) is 27.9 Å². The number of halogens is 3. The molecule has 2 N–H and O–H groups in total. The molecule has 8 heteroatoms. The first-order chi connectivity index (χ1) is 8.20. The van der Waals surface area contributed by atoms with Crippen LogP contribution in [0, 0.1) is 0 Å². The maximum absolute atomic E-state index is 11.8. The van der Waals surface area contributed by atoms with Crippen molar-refractivity contribution >= 4 is 0 Å². The number of hydrogen-bond acceptors (Lipinski definition) is 4. The van der Waals surface area contributed by atoms with Crippen molar-refractivity contribution in [3.8, 4) is 5.88 Å². The van der Waals surface area contributed by atoms with E-state index in [-0.39, 0.29) is 17.3 Å². The first-order valence-corrected chi connectivity index (χ1v) is 5.17.